The molecule has 0 fully saturated rings. The third-order valence-corrected chi connectivity index (χ3v) is 5.08. The van der Waals surface area contributed by atoms with Crippen LogP contribution in [0.2, 0.25) is 0 Å². The average molecular weight is 418 g/mol. The molecule has 0 spiro atoms. The first-order chi connectivity index (χ1) is 14.5. The van der Waals surface area contributed by atoms with Gasteiger partial charge in [-0.2, -0.15) is 4.99 Å². The Morgan fingerprint density at radius 1 is 0.900 bits per heavy atom. The largest absolute Gasteiger partial charge is 0.205 e. The molecule has 0 heterocycles. The molecule has 1 unspecified atom stereocenters. The summed E-state index contributed by atoms with van der Waals surface area (Å²) in [5.74, 6) is 4.50. The van der Waals surface area contributed by atoms with Crippen molar-refractivity contribution in [3.63, 3.8) is 0 Å². The minimum Gasteiger partial charge on any atom is -0.205 e. The van der Waals surface area contributed by atoms with E-state index in [-0.39, 0.29) is 11.3 Å². The lowest BCUT2D eigenvalue weighted by Crippen LogP contribution is -1.97. The lowest BCUT2D eigenvalue weighted by atomic mass is 9.96. The van der Waals surface area contributed by atoms with Crippen LogP contribution in [0.5, 0.6) is 0 Å². The van der Waals surface area contributed by atoms with Crippen LogP contribution in [-0.4, -0.2) is 5.16 Å². The molecule has 0 aliphatic carbocycles. The molecule has 3 aromatic rings. The topological polar surface area (TPSA) is 12.4 Å². The second-order valence-corrected chi connectivity index (χ2v) is 7.41. The zero-order chi connectivity index (χ0) is 21.5. The molecule has 0 amide bonds. The van der Waals surface area contributed by atoms with Gasteiger partial charge in [0.1, 0.15) is 11.6 Å². The number of aliphatic imine (C=N–C) groups is 1. The Labute approximate surface area is 181 Å². The van der Waals surface area contributed by atoms with E-state index in [1.807, 2.05) is 24.3 Å². The van der Waals surface area contributed by atoms with Gasteiger partial charge in [0.05, 0.1) is 16.4 Å². The Hall–Kier alpha value is -3.12. The van der Waals surface area contributed by atoms with E-state index in [0.29, 0.717) is 11.5 Å². The van der Waals surface area contributed by atoms with Crippen LogP contribution in [0, 0.1) is 29.4 Å². The molecule has 1 nitrogen and oxygen atoms in total. The van der Waals surface area contributed by atoms with Crippen molar-refractivity contribution in [1.29, 1.82) is 0 Å². The molecule has 1 atom stereocenters. The molecule has 0 aliphatic heterocycles. The predicted octanol–water partition coefficient (Wildman–Crippen LogP) is 7.35. The first-order valence-corrected chi connectivity index (χ1v) is 10.2. The number of hydrogen-bond donors (Lipinski definition) is 0. The van der Waals surface area contributed by atoms with Crippen molar-refractivity contribution < 1.29 is 8.78 Å². The molecule has 30 heavy (non-hydrogen) atoms. The normalized spacial score (nSPS) is 11.2. The highest BCUT2D eigenvalue weighted by molar-refractivity contribution is 7.78. The summed E-state index contributed by atoms with van der Waals surface area (Å²) in [5, 5.41) is 2.09. The minimum absolute atomic E-state index is 0.0741. The van der Waals surface area contributed by atoms with Gasteiger partial charge in [-0.1, -0.05) is 68.5 Å². The van der Waals surface area contributed by atoms with Crippen LogP contribution in [0.15, 0.2) is 65.7 Å². The predicted molar refractivity (Wildman–Crippen MR) is 122 cm³/mol. The maximum atomic E-state index is 14.1. The lowest BCUT2D eigenvalue weighted by Gasteiger charge is -2.09. The van der Waals surface area contributed by atoms with Crippen LogP contribution in [0.1, 0.15) is 37.0 Å². The Morgan fingerprint density at radius 2 is 1.47 bits per heavy atom. The zero-order valence-electron chi connectivity index (χ0n) is 16.9. The Morgan fingerprint density at radius 3 is 2.00 bits per heavy atom. The second kappa shape index (κ2) is 10.1. The van der Waals surface area contributed by atoms with E-state index in [1.165, 1.54) is 12.0 Å². The first kappa shape index (κ1) is 21.6. The highest BCUT2D eigenvalue weighted by Crippen LogP contribution is 2.23. The van der Waals surface area contributed by atoms with E-state index < -0.39 is 11.6 Å². The quantitative estimate of drug-likeness (QED) is 0.240. The number of benzene rings is 3. The van der Waals surface area contributed by atoms with Gasteiger partial charge >= 0.3 is 0 Å². The van der Waals surface area contributed by atoms with E-state index in [4.69, 9.17) is 0 Å². The fourth-order valence-corrected chi connectivity index (χ4v) is 3.16. The number of thiocarbonyl (C=S) groups is 1. The number of hydrogen-bond acceptors (Lipinski definition) is 2. The van der Waals surface area contributed by atoms with Crippen molar-refractivity contribution in [1.82, 2.24) is 0 Å². The van der Waals surface area contributed by atoms with Crippen molar-refractivity contribution in [2.75, 3.05) is 0 Å². The summed E-state index contributed by atoms with van der Waals surface area (Å²) in [6.45, 7) is 4.46. The average Bonchev–Trinajstić information content (AvgIpc) is 2.74. The van der Waals surface area contributed by atoms with Crippen LogP contribution in [-0.2, 0) is 6.42 Å². The monoisotopic (exact) mass is 417 g/mol. The van der Waals surface area contributed by atoms with E-state index in [0.717, 1.165) is 29.7 Å². The molecule has 3 aromatic carbocycles. The molecule has 0 aliphatic rings. The Balaban J connectivity index is 1.77. The van der Waals surface area contributed by atoms with E-state index in [1.54, 1.807) is 0 Å². The summed E-state index contributed by atoms with van der Waals surface area (Å²) in [4.78, 5) is 3.59. The van der Waals surface area contributed by atoms with Gasteiger partial charge in [-0.3, -0.25) is 0 Å². The molecule has 0 aromatic heterocycles. The number of halogens is 2. The van der Waals surface area contributed by atoms with Crippen molar-refractivity contribution in [2.45, 2.75) is 26.7 Å². The van der Waals surface area contributed by atoms with Crippen LogP contribution in [0.3, 0.4) is 0 Å². The smallest absolute Gasteiger partial charge is 0.143 e. The van der Waals surface area contributed by atoms with E-state index >= 15 is 0 Å². The molecule has 0 bridgehead atoms. The maximum Gasteiger partial charge on any atom is 0.143 e. The SMILES string of the molecule is CCC(C)Cc1ccc(-c2ccc(C#Cc3c(F)cc(N=C=S)cc3F)cc2)cc1. The van der Waals surface area contributed by atoms with Crippen LogP contribution in [0.25, 0.3) is 11.1 Å². The van der Waals surface area contributed by atoms with Crippen molar-refractivity contribution in [3.8, 4) is 23.0 Å². The van der Waals surface area contributed by atoms with Crippen molar-refractivity contribution >= 4 is 23.1 Å². The summed E-state index contributed by atoms with van der Waals surface area (Å²) in [7, 11) is 0. The number of rotatable bonds is 5. The fourth-order valence-electron chi connectivity index (χ4n) is 3.06. The summed E-state index contributed by atoms with van der Waals surface area (Å²) in [6, 6.07) is 18.3. The maximum absolute atomic E-state index is 14.1. The van der Waals surface area contributed by atoms with Gasteiger partial charge in [-0.05, 0) is 53.4 Å². The van der Waals surface area contributed by atoms with Crippen LogP contribution in [0.4, 0.5) is 14.5 Å². The molecule has 0 N–H and O–H groups in total. The number of isothiocyanates is 1. The molecule has 0 radical (unpaired) electrons. The van der Waals surface area contributed by atoms with Gasteiger partial charge in [0.25, 0.3) is 0 Å². The number of nitrogens with zero attached hydrogens (tertiary/aromatic N) is 1. The minimum atomic E-state index is -0.777. The molecule has 3 rings (SSSR count). The third-order valence-electron chi connectivity index (χ3n) is 4.99. The first-order valence-electron chi connectivity index (χ1n) is 9.78. The fraction of sp³-hybridized carbons (Fsp3) is 0.192. The zero-order valence-corrected chi connectivity index (χ0v) is 17.7. The summed E-state index contributed by atoms with van der Waals surface area (Å²) in [5.41, 5.74) is 3.97. The summed E-state index contributed by atoms with van der Waals surface area (Å²) >= 11 is 4.45. The van der Waals surface area contributed by atoms with Gasteiger partial charge in [0.15, 0.2) is 0 Å². The molecule has 0 saturated heterocycles. The highest BCUT2D eigenvalue weighted by atomic mass is 32.1. The molecule has 4 heteroatoms. The van der Waals surface area contributed by atoms with Crippen LogP contribution < -0.4 is 0 Å². The standard InChI is InChI=1S/C26H21F2NS/c1-3-18(2)14-20-6-11-22(12-7-20)21-9-4-19(5-10-21)8-13-24-25(27)15-23(29-17-30)16-26(24)28/h4-7,9-12,15-16,18H,3,14H2,1-2H3. The molecular formula is C26H21F2NS. The molecule has 150 valence electrons. The van der Waals surface area contributed by atoms with Crippen molar-refractivity contribution in [3.05, 3.63) is 89.0 Å². The summed E-state index contributed by atoms with van der Waals surface area (Å²) < 4.78 is 28.2. The Bertz CT molecular complexity index is 1110. The summed E-state index contributed by atoms with van der Waals surface area (Å²) in [6.07, 6.45) is 2.25. The van der Waals surface area contributed by atoms with E-state index in [9.17, 15) is 8.78 Å². The van der Waals surface area contributed by atoms with Gasteiger partial charge in [-0.25, -0.2) is 8.78 Å². The van der Waals surface area contributed by atoms with Crippen molar-refractivity contribution in [2.24, 2.45) is 10.9 Å². The third kappa shape index (κ3) is 5.48. The van der Waals surface area contributed by atoms with Gasteiger partial charge in [-0.15, -0.1) is 0 Å². The van der Waals surface area contributed by atoms with Crippen LogP contribution >= 0.6 is 12.2 Å². The Kier molecular flexibility index (Phi) is 7.25. The molecular weight excluding hydrogens is 396 g/mol. The van der Waals surface area contributed by atoms with Gasteiger partial charge < -0.3 is 0 Å². The molecule has 0 saturated carbocycles. The lowest BCUT2D eigenvalue weighted by molar-refractivity contribution is 0.560. The second-order valence-electron chi connectivity index (χ2n) is 7.23. The van der Waals surface area contributed by atoms with Gasteiger partial charge in [0, 0.05) is 17.7 Å². The van der Waals surface area contributed by atoms with E-state index in [2.05, 4.69) is 72.3 Å². The highest BCUT2D eigenvalue weighted by Gasteiger charge is 2.09. The van der Waals surface area contributed by atoms with Gasteiger partial charge in [0.2, 0.25) is 0 Å².